The molecule has 1 heterocycles. The molecule has 0 unspecified atom stereocenters. The Morgan fingerprint density at radius 1 is 1.30 bits per heavy atom. The maximum absolute atomic E-state index is 11.0. The van der Waals surface area contributed by atoms with E-state index in [1.54, 1.807) is 6.20 Å². The number of amides is 1. The zero-order chi connectivity index (χ0) is 14.5. The van der Waals surface area contributed by atoms with Gasteiger partial charge in [0, 0.05) is 37.2 Å². The van der Waals surface area contributed by atoms with E-state index in [0.29, 0.717) is 5.92 Å². The minimum Gasteiger partial charge on any atom is -0.355 e. The molecule has 0 aliphatic rings. The molecule has 0 spiro atoms. The number of carbonyl (C=O) groups is 1. The van der Waals surface area contributed by atoms with Gasteiger partial charge < -0.3 is 10.6 Å². The van der Waals surface area contributed by atoms with Gasteiger partial charge in [0.1, 0.15) is 0 Å². The Balaban J connectivity index is 2.15. The van der Waals surface area contributed by atoms with E-state index < -0.39 is 0 Å². The molecule has 1 aromatic heterocycles. The molecule has 0 aliphatic heterocycles. The summed E-state index contributed by atoms with van der Waals surface area (Å²) >= 11 is 0. The van der Waals surface area contributed by atoms with Crippen LogP contribution in [0.5, 0.6) is 0 Å². The molecule has 0 saturated carbocycles. The van der Waals surface area contributed by atoms with E-state index in [1.165, 1.54) is 6.92 Å². The van der Waals surface area contributed by atoms with Crippen LogP contribution in [-0.2, 0) is 4.79 Å². The van der Waals surface area contributed by atoms with Gasteiger partial charge in [0.25, 0.3) is 0 Å². The fourth-order valence-corrected chi connectivity index (χ4v) is 1.85. The number of hydrogen-bond donors (Lipinski definition) is 2. The minimum atomic E-state index is -0.0698. The molecule has 0 bridgehead atoms. The summed E-state index contributed by atoms with van der Waals surface area (Å²) < 4.78 is 1.99. The van der Waals surface area contributed by atoms with E-state index >= 15 is 0 Å². The Labute approximate surface area is 119 Å². The highest BCUT2D eigenvalue weighted by Crippen LogP contribution is 2.17. The van der Waals surface area contributed by atoms with E-state index in [1.807, 2.05) is 35.0 Å². The van der Waals surface area contributed by atoms with Gasteiger partial charge in [0.15, 0.2) is 0 Å². The largest absolute Gasteiger partial charge is 0.355 e. The van der Waals surface area contributed by atoms with Crippen LogP contribution in [0.4, 0.5) is 11.6 Å². The highest BCUT2D eigenvalue weighted by atomic mass is 16.1. The molecule has 0 fully saturated rings. The second-order valence-corrected chi connectivity index (χ2v) is 5.12. The molecule has 5 nitrogen and oxygen atoms in total. The molecular formula is C15H20N4O. The van der Waals surface area contributed by atoms with Gasteiger partial charge >= 0.3 is 0 Å². The molecular weight excluding hydrogens is 252 g/mol. The predicted octanol–water partition coefficient (Wildman–Crippen LogP) is 2.90. The van der Waals surface area contributed by atoms with Crippen molar-refractivity contribution in [1.82, 2.24) is 9.55 Å². The van der Waals surface area contributed by atoms with Crippen molar-refractivity contribution in [3.8, 4) is 5.69 Å². The Morgan fingerprint density at radius 2 is 2.00 bits per heavy atom. The Hall–Kier alpha value is -2.30. The van der Waals surface area contributed by atoms with Crippen LogP contribution in [0.1, 0.15) is 20.8 Å². The van der Waals surface area contributed by atoms with Crippen molar-refractivity contribution in [2.24, 2.45) is 5.92 Å². The number of anilines is 2. The van der Waals surface area contributed by atoms with Crippen molar-refractivity contribution in [1.29, 1.82) is 0 Å². The number of aromatic nitrogens is 2. The van der Waals surface area contributed by atoms with E-state index in [0.717, 1.165) is 23.9 Å². The molecule has 5 heteroatoms. The van der Waals surface area contributed by atoms with Crippen LogP contribution in [-0.4, -0.2) is 22.0 Å². The molecule has 2 rings (SSSR count). The smallest absolute Gasteiger partial charge is 0.221 e. The Bertz CT molecular complexity index is 572. The first kappa shape index (κ1) is 14.1. The fraction of sp³-hybridized carbons (Fsp3) is 0.333. The van der Waals surface area contributed by atoms with Crippen LogP contribution in [0.25, 0.3) is 5.69 Å². The summed E-state index contributed by atoms with van der Waals surface area (Å²) in [6, 6.07) is 7.66. The van der Waals surface area contributed by atoms with Crippen molar-refractivity contribution < 1.29 is 4.79 Å². The maximum Gasteiger partial charge on any atom is 0.221 e. The fourth-order valence-electron chi connectivity index (χ4n) is 1.85. The van der Waals surface area contributed by atoms with Crippen molar-refractivity contribution >= 4 is 17.5 Å². The maximum atomic E-state index is 11.0. The summed E-state index contributed by atoms with van der Waals surface area (Å²) in [6.45, 7) is 6.68. The summed E-state index contributed by atoms with van der Waals surface area (Å²) in [5.74, 6) is 1.31. The Kier molecular flexibility index (Phi) is 4.40. The standard InChI is InChI=1S/C15H20N4O/c1-11(2)10-17-15-16-8-9-19(15)14-6-4-13(5-7-14)18-12(3)20/h4-9,11H,10H2,1-3H3,(H,16,17)(H,18,20). The quantitative estimate of drug-likeness (QED) is 0.880. The van der Waals surface area contributed by atoms with Gasteiger partial charge in [-0.15, -0.1) is 0 Å². The summed E-state index contributed by atoms with van der Waals surface area (Å²) in [5, 5.41) is 6.07. The highest BCUT2D eigenvalue weighted by molar-refractivity contribution is 5.88. The average Bonchev–Trinajstić information content (AvgIpc) is 2.85. The second-order valence-electron chi connectivity index (χ2n) is 5.12. The second kappa shape index (κ2) is 6.23. The molecule has 0 aliphatic carbocycles. The first-order valence-corrected chi connectivity index (χ1v) is 6.71. The molecule has 2 aromatic rings. The SMILES string of the molecule is CC(=O)Nc1ccc(-n2ccnc2NCC(C)C)cc1. The number of rotatable bonds is 5. The Morgan fingerprint density at radius 3 is 2.60 bits per heavy atom. The molecule has 1 amide bonds. The summed E-state index contributed by atoms with van der Waals surface area (Å²) in [6.07, 6.45) is 3.68. The van der Waals surface area contributed by atoms with Gasteiger partial charge in [-0.05, 0) is 30.2 Å². The van der Waals surface area contributed by atoms with E-state index in [-0.39, 0.29) is 5.91 Å². The van der Waals surface area contributed by atoms with Crippen LogP contribution in [0.15, 0.2) is 36.7 Å². The molecule has 1 aromatic carbocycles. The van der Waals surface area contributed by atoms with Crippen molar-refractivity contribution in [3.05, 3.63) is 36.7 Å². The summed E-state index contributed by atoms with van der Waals surface area (Å²) in [4.78, 5) is 15.3. The van der Waals surface area contributed by atoms with Gasteiger partial charge in [-0.1, -0.05) is 13.8 Å². The number of imidazole rings is 1. The molecule has 2 N–H and O–H groups in total. The molecule has 0 saturated heterocycles. The van der Waals surface area contributed by atoms with Gasteiger partial charge in [-0.2, -0.15) is 0 Å². The van der Waals surface area contributed by atoms with Crippen LogP contribution >= 0.6 is 0 Å². The van der Waals surface area contributed by atoms with Crippen LogP contribution in [0.3, 0.4) is 0 Å². The molecule has 20 heavy (non-hydrogen) atoms. The van der Waals surface area contributed by atoms with Gasteiger partial charge in [-0.25, -0.2) is 4.98 Å². The summed E-state index contributed by atoms with van der Waals surface area (Å²) in [7, 11) is 0. The van der Waals surface area contributed by atoms with Gasteiger partial charge in [0.2, 0.25) is 11.9 Å². The highest BCUT2D eigenvalue weighted by Gasteiger charge is 2.05. The third kappa shape index (κ3) is 3.60. The van der Waals surface area contributed by atoms with Crippen molar-refractivity contribution in [2.75, 3.05) is 17.2 Å². The van der Waals surface area contributed by atoms with Crippen LogP contribution in [0.2, 0.25) is 0 Å². The normalized spacial score (nSPS) is 10.6. The number of nitrogens with zero attached hydrogens (tertiary/aromatic N) is 2. The van der Waals surface area contributed by atoms with Gasteiger partial charge in [0.05, 0.1) is 0 Å². The van der Waals surface area contributed by atoms with E-state index in [2.05, 4.69) is 29.5 Å². The number of carbonyl (C=O) groups excluding carboxylic acids is 1. The van der Waals surface area contributed by atoms with Crippen molar-refractivity contribution in [3.63, 3.8) is 0 Å². The third-order valence-electron chi connectivity index (χ3n) is 2.78. The zero-order valence-corrected chi connectivity index (χ0v) is 12.1. The van der Waals surface area contributed by atoms with Gasteiger partial charge in [-0.3, -0.25) is 9.36 Å². The first-order chi connectivity index (χ1) is 9.56. The van der Waals surface area contributed by atoms with Crippen molar-refractivity contribution in [2.45, 2.75) is 20.8 Å². The minimum absolute atomic E-state index is 0.0698. The topological polar surface area (TPSA) is 59.0 Å². The van der Waals surface area contributed by atoms with Crippen LogP contribution < -0.4 is 10.6 Å². The lowest BCUT2D eigenvalue weighted by atomic mass is 10.2. The number of hydrogen-bond acceptors (Lipinski definition) is 3. The lowest BCUT2D eigenvalue weighted by Gasteiger charge is -2.12. The predicted molar refractivity (Wildman–Crippen MR) is 81.2 cm³/mol. The van der Waals surface area contributed by atoms with Crippen LogP contribution in [0, 0.1) is 5.92 Å². The molecule has 0 radical (unpaired) electrons. The number of benzene rings is 1. The molecule has 106 valence electrons. The van der Waals surface area contributed by atoms with E-state index in [9.17, 15) is 4.79 Å². The zero-order valence-electron chi connectivity index (χ0n) is 12.1. The lowest BCUT2D eigenvalue weighted by molar-refractivity contribution is -0.114. The molecule has 0 atom stereocenters. The third-order valence-corrected chi connectivity index (χ3v) is 2.78. The first-order valence-electron chi connectivity index (χ1n) is 6.71. The summed E-state index contributed by atoms with van der Waals surface area (Å²) in [5.41, 5.74) is 1.79. The lowest BCUT2D eigenvalue weighted by Crippen LogP contribution is -2.12. The number of nitrogens with one attached hydrogen (secondary N) is 2. The average molecular weight is 272 g/mol. The van der Waals surface area contributed by atoms with E-state index in [4.69, 9.17) is 0 Å². The monoisotopic (exact) mass is 272 g/mol.